The number of benzene rings is 1. The van der Waals surface area contributed by atoms with E-state index in [0.717, 1.165) is 16.8 Å². The molecule has 0 unspecified atom stereocenters. The third-order valence-corrected chi connectivity index (χ3v) is 3.15. The van der Waals surface area contributed by atoms with E-state index in [9.17, 15) is 9.90 Å². The Balaban J connectivity index is 2.56. The van der Waals surface area contributed by atoms with Crippen LogP contribution in [0.3, 0.4) is 0 Å². The summed E-state index contributed by atoms with van der Waals surface area (Å²) in [6.45, 7) is 6.68. The smallest absolute Gasteiger partial charge is 0.238 e. The highest BCUT2D eigenvalue weighted by molar-refractivity contribution is 5.93. The predicted octanol–water partition coefficient (Wildman–Crippen LogP) is 1.94. The van der Waals surface area contributed by atoms with Gasteiger partial charge < -0.3 is 10.4 Å². The lowest BCUT2D eigenvalue weighted by molar-refractivity contribution is -0.117. The molecule has 1 amide bonds. The highest BCUT2D eigenvalue weighted by Gasteiger charge is 2.12. The molecule has 0 radical (unpaired) electrons. The maximum Gasteiger partial charge on any atom is 0.238 e. The predicted molar refractivity (Wildman–Crippen MR) is 78.3 cm³/mol. The van der Waals surface area contributed by atoms with E-state index >= 15 is 0 Å². The number of carbonyl (C=O) groups excluding carboxylic acids is 1. The highest BCUT2D eigenvalue weighted by atomic mass is 16.3. The number of carbonyl (C=O) groups is 1. The number of aryl methyl sites for hydroxylation is 2. The number of aliphatic hydroxyl groups is 1. The number of aliphatic hydroxyl groups excluding tert-OH is 1. The lowest BCUT2D eigenvalue weighted by Gasteiger charge is -2.20. The fraction of sp³-hybridized carbons (Fsp3) is 0.533. The van der Waals surface area contributed by atoms with Gasteiger partial charge in [-0.25, -0.2) is 0 Å². The van der Waals surface area contributed by atoms with E-state index in [1.165, 1.54) is 0 Å². The Bertz CT molecular complexity index is 412. The molecule has 2 N–H and O–H groups in total. The maximum atomic E-state index is 12.0. The average molecular weight is 264 g/mol. The maximum absolute atomic E-state index is 12.0. The number of rotatable bonds is 6. The first-order valence-corrected chi connectivity index (χ1v) is 6.66. The Morgan fingerprint density at radius 2 is 1.95 bits per heavy atom. The van der Waals surface area contributed by atoms with Crippen molar-refractivity contribution in [3.63, 3.8) is 0 Å². The zero-order valence-electron chi connectivity index (χ0n) is 12.2. The summed E-state index contributed by atoms with van der Waals surface area (Å²) >= 11 is 0. The molecular formula is C15H24N2O2. The quantitative estimate of drug-likeness (QED) is 0.825. The molecule has 106 valence electrons. The number of amides is 1. The number of nitrogens with zero attached hydrogens (tertiary/aromatic N) is 1. The van der Waals surface area contributed by atoms with Crippen LogP contribution in [0.4, 0.5) is 5.69 Å². The van der Waals surface area contributed by atoms with Crippen LogP contribution >= 0.6 is 0 Å². The molecule has 0 aromatic heterocycles. The second-order valence-electron chi connectivity index (χ2n) is 5.07. The monoisotopic (exact) mass is 264 g/mol. The Hall–Kier alpha value is -1.39. The molecule has 4 heteroatoms. The molecule has 4 nitrogen and oxygen atoms in total. The molecule has 0 fully saturated rings. The van der Waals surface area contributed by atoms with Gasteiger partial charge in [-0.05, 0) is 38.4 Å². The van der Waals surface area contributed by atoms with Crippen molar-refractivity contribution < 1.29 is 9.90 Å². The van der Waals surface area contributed by atoms with E-state index in [1.807, 2.05) is 50.9 Å². The molecule has 1 aromatic carbocycles. The van der Waals surface area contributed by atoms with Gasteiger partial charge in [-0.15, -0.1) is 0 Å². The summed E-state index contributed by atoms with van der Waals surface area (Å²) in [5.41, 5.74) is 3.01. The van der Waals surface area contributed by atoms with Gasteiger partial charge in [0, 0.05) is 12.2 Å². The standard InChI is InChI=1S/C15H24N2O2/c1-5-13(18)9-17(4)10-14(19)16-15-11(2)7-6-8-12(15)3/h6-8,13,18H,5,9-10H2,1-4H3,(H,16,19)/t13-/m1/s1. The van der Waals surface area contributed by atoms with E-state index in [-0.39, 0.29) is 18.6 Å². The molecule has 0 bridgehead atoms. The van der Waals surface area contributed by atoms with Crippen molar-refractivity contribution in [1.29, 1.82) is 0 Å². The van der Waals surface area contributed by atoms with Gasteiger partial charge in [0.25, 0.3) is 0 Å². The largest absolute Gasteiger partial charge is 0.392 e. The van der Waals surface area contributed by atoms with Crippen LogP contribution in [0.1, 0.15) is 24.5 Å². The van der Waals surface area contributed by atoms with Gasteiger partial charge in [0.2, 0.25) is 5.91 Å². The van der Waals surface area contributed by atoms with Crippen molar-refractivity contribution in [3.8, 4) is 0 Å². The number of nitrogens with one attached hydrogen (secondary N) is 1. The van der Waals surface area contributed by atoms with Crippen molar-refractivity contribution in [2.24, 2.45) is 0 Å². The molecule has 19 heavy (non-hydrogen) atoms. The molecule has 1 aromatic rings. The Morgan fingerprint density at radius 1 is 1.37 bits per heavy atom. The van der Waals surface area contributed by atoms with Crippen LogP contribution in [-0.4, -0.2) is 42.2 Å². The van der Waals surface area contributed by atoms with Crippen LogP contribution in [0, 0.1) is 13.8 Å². The first-order chi connectivity index (χ1) is 8.93. The third-order valence-electron chi connectivity index (χ3n) is 3.15. The molecule has 0 saturated heterocycles. The van der Waals surface area contributed by atoms with E-state index < -0.39 is 0 Å². The number of hydrogen-bond donors (Lipinski definition) is 2. The Kier molecular flexibility index (Phi) is 5.99. The van der Waals surface area contributed by atoms with Crippen LogP contribution in [-0.2, 0) is 4.79 Å². The first-order valence-electron chi connectivity index (χ1n) is 6.66. The van der Waals surface area contributed by atoms with Gasteiger partial charge in [-0.1, -0.05) is 25.1 Å². The molecule has 0 aliphatic carbocycles. The number of hydrogen-bond acceptors (Lipinski definition) is 3. The van der Waals surface area contributed by atoms with Gasteiger partial charge in [0.1, 0.15) is 0 Å². The topological polar surface area (TPSA) is 52.6 Å². The van der Waals surface area contributed by atoms with Gasteiger partial charge in [0.15, 0.2) is 0 Å². The van der Waals surface area contributed by atoms with E-state index in [1.54, 1.807) is 0 Å². The second-order valence-corrected chi connectivity index (χ2v) is 5.07. The fourth-order valence-corrected chi connectivity index (χ4v) is 1.99. The van der Waals surface area contributed by atoms with E-state index in [0.29, 0.717) is 13.0 Å². The van der Waals surface area contributed by atoms with Crippen molar-refractivity contribution >= 4 is 11.6 Å². The zero-order valence-corrected chi connectivity index (χ0v) is 12.2. The molecular weight excluding hydrogens is 240 g/mol. The fourth-order valence-electron chi connectivity index (χ4n) is 1.99. The lowest BCUT2D eigenvalue weighted by Crippen LogP contribution is -2.35. The van der Waals surface area contributed by atoms with E-state index in [4.69, 9.17) is 0 Å². The molecule has 0 saturated carbocycles. The van der Waals surface area contributed by atoms with Crippen molar-refractivity contribution in [1.82, 2.24) is 4.90 Å². The summed E-state index contributed by atoms with van der Waals surface area (Å²) in [5.74, 6) is -0.0526. The van der Waals surface area contributed by atoms with Crippen molar-refractivity contribution in [3.05, 3.63) is 29.3 Å². The highest BCUT2D eigenvalue weighted by Crippen LogP contribution is 2.19. The summed E-state index contributed by atoms with van der Waals surface area (Å²) in [6, 6.07) is 5.93. The van der Waals surface area contributed by atoms with Crippen molar-refractivity contribution in [2.75, 3.05) is 25.5 Å². The Labute approximate surface area is 115 Å². The SMILES string of the molecule is CC[C@@H](O)CN(C)CC(=O)Nc1c(C)cccc1C. The number of likely N-dealkylation sites (N-methyl/N-ethyl adjacent to an activating group) is 1. The summed E-state index contributed by atoms with van der Waals surface area (Å²) < 4.78 is 0. The number of para-hydroxylation sites is 1. The molecule has 0 aliphatic heterocycles. The minimum atomic E-state index is -0.377. The number of anilines is 1. The van der Waals surface area contributed by atoms with Gasteiger partial charge in [-0.2, -0.15) is 0 Å². The summed E-state index contributed by atoms with van der Waals surface area (Å²) in [5, 5.41) is 12.5. The molecule has 1 rings (SSSR count). The van der Waals surface area contributed by atoms with Gasteiger partial charge in [-0.3, -0.25) is 9.69 Å². The molecule has 0 heterocycles. The van der Waals surface area contributed by atoms with Crippen LogP contribution in [0.25, 0.3) is 0 Å². The van der Waals surface area contributed by atoms with Gasteiger partial charge >= 0.3 is 0 Å². The Morgan fingerprint density at radius 3 is 2.47 bits per heavy atom. The molecule has 0 spiro atoms. The third kappa shape index (κ3) is 5.01. The second kappa shape index (κ2) is 7.26. The van der Waals surface area contributed by atoms with Gasteiger partial charge in [0.05, 0.1) is 12.6 Å². The average Bonchev–Trinajstić information content (AvgIpc) is 2.33. The minimum Gasteiger partial charge on any atom is -0.392 e. The summed E-state index contributed by atoms with van der Waals surface area (Å²) in [7, 11) is 1.84. The lowest BCUT2D eigenvalue weighted by atomic mass is 10.1. The van der Waals surface area contributed by atoms with E-state index in [2.05, 4.69) is 5.32 Å². The molecule has 0 aliphatic rings. The molecule has 1 atom stereocenters. The van der Waals surface area contributed by atoms with Crippen molar-refractivity contribution in [2.45, 2.75) is 33.3 Å². The van der Waals surface area contributed by atoms with Crippen LogP contribution < -0.4 is 5.32 Å². The van der Waals surface area contributed by atoms with Crippen LogP contribution in [0.15, 0.2) is 18.2 Å². The van der Waals surface area contributed by atoms with Crippen LogP contribution in [0.2, 0.25) is 0 Å². The summed E-state index contributed by atoms with van der Waals surface area (Å²) in [4.78, 5) is 13.8. The first kappa shape index (κ1) is 15.7. The summed E-state index contributed by atoms with van der Waals surface area (Å²) in [6.07, 6.45) is 0.320. The normalized spacial score (nSPS) is 12.5. The minimum absolute atomic E-state index is 0.0526. The zero-order chi connectivity index (χ0) is 14.4. The van der Waals surface area contributed by atoms with Crippen LogP contribution in [0.5, 0.6) is 0 Å².